The Morgan fingerprint density at radius 1 is 1.00 bits per heavy atom. The van der Waals surface area contributed by atoms with Gasteiger partial charge in [0, 0.05) is 17.9 Å². The van der Waals surface area contributed by atoms with Crippen molar-refractivity contribution in [2.24, 2.45) is 0 Å². The van der Waals surface area contributed by atoms with Gasteiger partial charge in [0.25, 0.3) is 5.91 Å². The normalized spacial score (nSPS) is 10.3. The van der Waals surface area contributed by atoms with Crippen LogP contribution < -0.4 is 20.1 Å². The fourth-order valence-electron chi connectivity index (χ4n) is 2.84. The molecule has 3 N–H and O–H groups in total. The molecule has 3 aromatic carbocycles. The van der Waals surface area contributed by atoms with Gasteiger partial charge in [0.15, 0.2) is 18.1 Å². The number of ether oxygens (including phenoxy) is 2. The van der Waals surface area contributed by atoms with Gasteiger partial charge in [-0.25, -0.2) is 4.79 Å². The molecule has 8 heteroatoms. The maximum Gasteiger partial charge on any atom is 0.335 e. The molecule has 0 bridgehead atoms. The van der Waals surface area contributed by atoms with E-state index in [1.807, 2.05) is 30.3 Å². The van der Waals surface area contributed by atoms with Crippen LogP contribution in [0.4, 0.5) is 11.4 Å². The second-order valence-corrected chi connectivity index (χ2v) is 7.71. The third-order valence-electron chi connectivity index (χ3n) is 4.30. The molecule has 7 nitrogen and oxygen atoms in total. The molecule has 1 amide bonds. The van der Waals surface area contributed by atoms with Crippen molar-refractivity contribution in [3.05, 3.63) is 81.4 Å². The van der Waals surface area contributed by atoms with Gasteiger partial charge in [0.05, 0.1) is 16.2 Å². The highest BCUT2D eigenvalue weighted by Gasteiger charge is 2.14. The zero-order valence-electron chi connectivity index (χ0n) is 16.7. The zero-order chi connectivity index (χ0) is 22.2. The molecule has 0 spiro atoms. The molecule has 0 aliphatic carbocycles. The second-order valence-electron chi connectivity index (χ2n) is 6.55. The molecule has 0 heterocycles. The minimum Gasteiger partial charge on any atom is -0.493 e. The van der Waals surface area contributed by atoms with Gasteiger partial charge in [0.2, 0.25) is 0 Å². The molecule has 0 aliphatic rings. The number of carboxylic acid groups (broad SMARTS) is 1. The number of methoxy groups -OCH3 is 1. The van der Waals surface area contributed by atoms with E-state index in [0.29, 0.717) is 29.4 Å². The van der Waals surface area contributed by atoms with Crippen LogP contribution in [0.1, 0.15) is 15.9 Å². The number of hydrogen-bond donors (Lipinski definition) is 3. The number of carbonyl (C=O) groups excluding carboxylic acids is 1. The number of aromatic carboxylic acids is 1. The highest BCUT2D eigenvalue weighted by molar-refractivity contribution is 14.1. The molecule has 0 unspecified atom stereocenters. The molecule has 0 radical (unpaired) electrons. The first kappa shape index (κ1) is 22.4. The lowest BCUT2D eigenvalue weighted by atomic mass is 10.1. The maximum absolute atomic E-state index is 12.2. The number of rotatable bonds is 9. The van der Waals surface area contributed by atoms with Crippen LogP contribution in [0.3, 0.4) is 0 Å². The minimum absolute atomic E-state index is 0.152. The van der Waals surface area contributed by atoms with E-state index >= 15 is 0 Å². The Bertz CT molecular complexity index is 1070. The Kier molecular flexibility index (Phi) is 7.71. The Morgan fingerprint density at radius 3 is 2.45 bits per heavy atom. The van der Waals surface area contributed by atoms with Crippen LogP contribution in [0.2, 0.25) is 0 Å². The average molecular weight is 532 g/mol. The summed E-state index contributed by atoms with van der Waals surface area (Å²) in [5.41, 5.74) is 2.54. The lowest BCUT2D eigenvalue weighted by molar-refractivity contribution is -0.118. The summed E-state index contributed by atoms with van der Waals surface area (Å²) in [7, 11) is 1.54. The fraction of sp³-hybridized carbons (Fsp3) is 0.130. The average Bonchev–Trinajstić information content (AvgIpc) is 2.77. The van der Waals surface area contributed by atoms with Crippen LogP contribution in [-0.2, 0) is 11.3 Å². The van der Waals surface area contributed by atoms with Crippen LogP contribution >= 0.6 is 22.6 Å². The van der Waals surface area contributed by atoms with Gasteiger partial charge in [-0.1, -0.05) is 24.3 Å². The summed E-state index contributed by atoms with van der Waals surface area (Å²) in [5, 5.41) is 15.1. The van der Waals surface area contributed by atoms with E-state index in [1.54, 1.807) is 36.4 Å². The SMILES string of the molecule is COc1cc(CNc2cccc(C(=O)O)c2)cc(I)c1OCC(=O)Nc1ccccc1. The summed E-state index contributed by atoms with van der Waals surface area (Å²) in [4.78, 5) is 23.3. The van der Waals surface area contributed by atoms with Gasteiger partial charge in [-0.15, -0.1) is 0 Å². The molecule has 31 heavy (non-hydrogen) atoms. The molecule has 0 saturated heterocycles. The number of hydrogen-bond acceptors (Lipinski definition) is 5. The summed E-state index contributed by atoms with van der Waals surface area (Å²) in [5.74, 6) is -0.246. The van der Waals surface area contributed by atoms with Crippen LogP contribution in [-0.4, -0.2) is 30.7 Å². The van der Waals surface area contributed by atoms with Crippen molar-refractivity contribution in [2.45, 2.75) is 6.54 Å². The Balaban J connectivity index is 1.65. The van der Waals surface area contributed by atoms with Crippen molar-refractivity contribution < 1.29 is 24.2 Å². The summed E-state index contributed by atoms with van der Waals surface area (Å²) < 4.78 is 12.0. The Morgan fingerprint density at radius 2 is 1.74 bits per heavy atom. The molecular weight excluding hydrogens is 511 g/mol. The molecular formula is C23H21IN2O5. The summed E-state index contributed by atoms with van der Waals surface area (Å²) in [6, 6.07) is 19.5. The van der Waals surface area contributed by atoms with Crippen LogP contribution in [0.15, 0.2) is 66.7 Å². The number of carboxylic acids is 1. The van der Waals surface area contributed by atoms with E-state index in [4.69, 9.17) is 14.6 Å². The van der Waals surface area contributed by atoms with E-state index in [1.165, 1.54) is 7.11 Å². The van der Waals surface area contributed by atoms with Crippen LogP contribution in [0, 0.1) is 3.57 Å². The smallest absolute Gasteiger partial charge is 0.335 e. The van der Waals surface area contributed by atoms with E-state index in [9.17, 15) is 9.59 Å². The van der Waals surface area contributed by atoms with Crippen molar-refractivity contribution in [3.8, 4) is 11.5 Å². The fourth-order valence-corrected chi connectivity index (χ4v) is 3.66. The molecule has 0 fully saturated rings. The third-order valence-corrected chi connectivity index (χ3v) is 5.10. The summed E-state index contributed by atoms with van der Waals surface area (Å²) in [6.07, 6.45) is 0. The van der Waals surface area contributed by atoms with Gasteiger partial charge in [-0.3, -0.25) is 4.79 Å². The quantitative estimate of drug-likeness (QED) is 0.348. The van der Waals surface area contributed by atoms with Gasteiger partial charge in [-0.2, -0.15) is 0 Å². The van der Waals surface area contributed by atoms with E-state index in [-0.39, 0.29) is 18.1 Å². The zero-order valence-corrected chi connectivity index (χ0v) is 18.9. The van der Waals surface area contributed by atoms with Gasteiger partial charge in [-0.05, 0) is 70.6 Å². The summed E-state index contributed by atoms with van der Waals surface area (Å²) >= 11 is 2.13. The standard InChI is InChI=1S/C23H21IN2O5/c1-30-20-11-15(13-25-18-9-5-6-16(12-18)23(28)29)10-19(24)22(20)31-14-21(27)26-17-7-3-2-4-8-17/h2-12,25H,13-14H2,1H3,(H,26,27)(H,28,29). The Hall–Kier alpha value is -3.27. The van der Waals surface area contributed by atoms with Crippen LogP contribution in [0.5, 0.6) is 11.5 Å². The first-order chi connectivity index (χ1) is 15.0. The number of carbonyl (C=O) groups is 2. The maximum atomic E-state index is 12.2. The number of nitrogens with one attached hydrogen (secondary N) is 2. The van der Waals surface area contributed by atoms with E-state index in [2.05, 4.69) is 33.2 Å². The van der Waals surface area contributed by atoms with Crippen molar-refractivity contribution in [1.29, 1.82) is 0 Å². The Labute approximate surface area is 193 Å². The molecule has 0 atom stereocenters. The molecule has 3 rings (SSSR count). The van der Waals surface area contributed by atoms with E-state index < -0.39 is 5.97 Å². The monoisotopic (exact) mass is 532 g/mol. The lowest BCUT2D eigenvalue weighted by Crippen LogP contribution is -2.20. The number of para-hydroxylation sites is 1. The van der Waals surface area contributed by atoms with Crippen LogP contribution in [0.25, 0.3) is 0 Å². The minimum atomic E-state index is -0.974. The topological polar surface area (TPSA) is 96.9 Å². The molecule has 0 aromatic heterocycles. The second kappa shape index (κ2) is 10.7. The van der Waals surface area contributed by atoms with Gasteiger partial charge in [0.1, 0.15) is 0 Å². The van der Waals surface area contributed by atoms with Crippen molar-refractivity contribution >= 4 is 45.8 Å². The lowest BCUT2D eigenvalue weighted by Gasteiger charge is -2.15. The first-order valence-corrected chi connectivity index (χ1v) is 10.5. The van der Waals surface area contributed by atoms with Crippen molar-refractivity contribution in [1.82, 2.24) is 0 Å². The van der Waals surface area contributed by atoms with Gasteiger partial charge >= 0.3 is 5.97 Å². The number of amides is 1. The van der Waals surface area contributed by atoms with E-state index in [0.717, 1.165) is 9.13 Å². The summed E-state index contributed by atoms with van der Waals surface area (Å²) in [6.45, 7) is 0.311. The van der Waals surface area contributed by atoms with Gasteiger partial charge < -0.3 is 25.2 Å². The predicted molar refractivity (Wildman–Crippen MR) is 127 cm³/mol. The molecule has 3 aromatic rings. The van der Waals surface area contributed by atoms with Crippen molar-refractivity contribution in [3.63, 3.8) is 0 Å². The first-order valence-electron chi connectivity index (χ1n) is 9.37. The highest BCUT2D eigenvalue weighted by atomic mass is 127. The molecule has 0 saturated carbocycles. The molecule has 0 aliphatic heterocycles. The number of anilines is 2. The number of benzene rings is 3. The predicted octanol–water partition coefficient (Wildman–Crippen LogP) is 4.63. The largest absolute Gasteiger partial charge is 0.493 e. The highest BCUT2D eigenvalue weighted by Crippen LogP contribution is 2.34. The third kappa shape index (κ3) is 6.35. The number of halogens is 1. The molecule has 160 valence electrons. The van der Waals surface area contributed by atoms with Crippen molar-refractivity contribution in [2.75, 3.05) is 24.4 Å².